The third-order valence-corrected chi connectivity index (χ3v) is 10.4. The van der Waals surface area contributed by atoms with Crippen LogP contribution in [0.5, 0.6) is 11.5 Å². The number of carbonyl (C=O) groups excluding carboxylic acids is 2. The molecule has 0 saturated carbocycles. The molecule has 6 rings (SSSR count). The number of rotatable bonds is 9. The molecule has 0 atom stereocenters. The fraction of sp³-hybridized carbons (Fsp3) is 0.256. The van der Waals surface area contributed by atoms with E-state index in [2.05, 4.69) is 0 Å². The normalized spacial score (nSPS) is 13.9. The van der Waals surface area contributed by atoms with Crippen molar-refractivity contribution in [2.45, 2.75) is 52.9 Å². The molecule has 0 unspecified atom stereocenters. The van der Waals surface area contributed by atoms with E-state index in [0.717, 1.165) is 18.1 Å². The van der Waals surface area contributed by atoms with E-state index in [4.69, 9.17) is 30.2 Å². The Labute approximate surface area is 306 Å². The van der Waals surface area contributed by atoms with Gasteiger partial charge in [0.15, 0.2) is 11.3 Å². The second-order valence-corrected chi connectivity index (χ2v) is 15.7. The van der Waals surface area contributed by atoms with Crippen molar-refractivity contribution in [2.24, 2.45) is 0 Å². The van der Waals surface area contributed by atoms with Crippen molar-refractivity contribution >= 4 is 56.0 Å². The number of amides is 1. The minimum Gasteiger partial charge on any atom is -0.487 e. The summed E-state index contributed by atoms with van der Waals surface area (Å²) in [4.78, 5) is 41.0. The summed E-state index contributed by atoms with van der Waals surface area (Å²) < 4.78 is 51.6. The van der Waals surface area contributed by atoms with Crippen molar-refractivity contribution in [1.82, 2.24) is 0 Å². The molecule has 1 aliphatic heterocycles. The van der Waals surface area contributed by atoms with Crippen LogP contribution in [0.15, 0.2) is 100 Å². The maximum atomic E-state index is 14.7. The molecule has 2 heterocycles. The van der Waals surface area contributed by atoms with Gasteiger partial charge in [0.25, 0.3) is 0 Å². The Kier molecular flexibility index (Phi) is 10.3. The van der Waals surface area contributed by atoms with E-state index in [1.54, 1.807) is 39.0 Å². The van der Waals surface area contributed by atoms with Crippen LogP contribution in [0.3, 0.4) is 0 Å². The number of halogens is 1. The fourth-order valence-corrected chi connectivity index (χ4v) is 7.75. The smallest absolute Gasteiger partial charge is 0.422 e. The fourth-order valence-electron chi connectivity index (χ4n) is 5.95. The van der Waals surface area contributed by atoms with Crippen LogP contribution in [0.2, 0.25) is 5.02 Å². The van der Waals surface area contributed by atoms with Gasteiger partial charge in [0.2, 0.25) is 21.2 Å². The lowest BCUT2D eigenvalue weighted by Gasteiger charge is -2.35. The second-order valence-electron chi connectivity index (χ2n) is 13.2. The number of hydrogen-bond acceptors (Lipinski definition) is 9. The first-order chi connectivity index (χ1) is 24.7. The van der Waals surface area contributed by atoms with Crippen molar-refractivity contribution < 1.29 is 36.6 Å². The number of hydrogen-bond donors (Lipinski definition) is 0. The molecule has 1 saturated heterocycles. The second kappa shape index (κ2) is 14.7. The van der Waals surface area contributed by atoms with Crippen LogP contribution >= 0.6 is 11.6 Å². The number of anilines is 2. The lowest BCUT2D eigenvalue weighted by Crippen LogP contribution is -2.46. The maximum absolute atomic E-state index is 14.7. The zero-order chi connectivity index (χ0) is 37.2. The van der Waals surface area contributed by atoms with Gasteiger partial charge in [-0.3, -0.25) is 18.8 Å². The summed E-state index contributed by atoms with van der Waals surface area (Å²) in [6, 6.07) is 26.6. The van der Waals surface area contributed by atoms with Crippen LogP contribution in [0.25, 0.3) is 22.3 Å². The predicted octanol–water partition coefficient (Wildman–Crippen LogP) is 8.10. The third kappa shape index (κ3) is 7.78. The molecule has 13 heteroatoms. The molecule has 1 amide bonds. The first-order valence-electron chi connectivity index (χ1n) is 16.5. The first-order valence-corrected chi connectivity index (χ1v) is 18.5. The van der Waals surface area contributed by atoms with E-state index in [9.17, 15) is 22.8 Å². The summed E-state index contributed by atoms with van der Waals surface area (Å²) in [5.74, 6) is -0.704. The Morgan fingerprint density at radius 1 is 0.904 bits per heavy atom. The van der Waals surface area contributed by atoms with Crippen LogP contribution in [0.4, 0.5) is 16.2 Å². The number of fused-ring (bicyclic) bond motifs is 1. The Morgan fingerprint density at radius 3 is 2.10 bits per heavy atom. The summed E-state index contributed by atoms with van der Waals surface area (Å²) in [6.45, 7) is 6.62. The Morgan fingerprint density at radius 2 is 1.54 bits per heavy atom. The van der Waals surface area contributed by atoms with Crippen LogP contribution in [-0.2, 0) is 32.8 Å². The van der Waals surface area contributed by atoms with Gasteiger partial charge >= 0.3 is 12.1 Å². The van der Waals surface area contributed by atoms with Gasteiger partial charge in [0, 0.05) is 24.6 Å². The van der Waals surface area contributed by atoms with Crippen LogP contribution in [-0.4, -0.2) is 38.3 Å². The molecule has 0 radical (unpaired) electrons. The summed E-state index contributed by atoms with van der Waals surface area (Å²) >= 11 is 6.72. The molecule has 270 valence electrons. The van der Waals surface area contributed by atoms with Crippen molar-refractivity contribution in [1.29, 1.82) is 0 Å². The van der Waals surface area contributed by atoms with Gasteiger partial charge in [-0.1, -0.05) is 72.3 Å². The van der Waals surface area contributed by atoms with E-state index < -0.39 is 33.1 Å². The van der Waals surface area contributed by atoms with Gasteiger partial charge in [0.05, 0.1) is 27.5 Å². The van der Waals surface area contributed by atoms with Crippen molar-refractivity contribution in [3.05, 3.63) is 117 Å². The van der Waals surface area contributed by atoms with Gasteiger partial charge in [0.1, 0.15) is 19.0 Å². The minimum absolute atomic E-state index is 0.00220. The zero-order valence-electron chi connectivity index (χ0n) is 29.1. The summed E-state index contributed by atoms with van der Waals surface area (Å²) in [5, 5.41) is 0.188. The van der Waals surface area contributed by atoms with Crippen LogP contribution < -0.4 is 24.1 Å². The van der Waals surface area contributed by atoms with Crippen LogP contribution in [0.1, 0.15) is 45.2 Å². The van der Waals surface area contributed by atoms with Gasteiger partial charge in [-0.2, -0.15) is 0 Å². The highest BCUT2D eigenvalue weighted by atomic mass is 35.5. The Bertz CT molecular complexity index is 2300. The molecule has 52 heavy (non-hydrogen) atoms. The number of nitrogens with zero attached hydrogens (tertiary/aromatic N) is 2. The molecule has 11 nitrogen and oxygen atoms in total. The molecule has 0 N–H and O–H groups in total. The molecule has 1 fully saturated rings. The number of carbonyl (C=O) groups is 2. The van der Waals surface area contributed by atoms with Crippen molar-refractivity contribution in [2.75, 3.05) is 21.5 Å². The first kappa shape index (κ1) is 36.5. The Hall–Kier alpha value is -5.33. The maximum Gasteiger partial charge on any atom is 0.422 e. The highest BCUT2D eigenvalue weighted by Gasteiger charge is 2.36. The van der Waals surface area contributed by atoms with E-state index in [1.807, 2.05) is 60.7 Å². The standard InChI is InChI=1S/C39H37ClN2O9S/c1-25(43)50-38(45)42(39(2,3)4)29-21-30-34(44)37(49-24-27-14-9-6-10-15-27)35(51-36(30)32(22-29)41-18-11-19-52(41,46)47)28-16-17-33(31(40)20-28)48-23-26-12-7-5-8-13-26/h5-10,12-17,20-22H,11,18-19,23-24H2,1-4H3. The number of sulfonamides is 1. The van der Waals surface area contributed by atoms with Gasteiger partial charge < -0.3 is 18.6 Å². The molecule has 0 bridgehead atoms. The Balaban J connectivity index is 1.56. The zero-order valence-corrected chi connectivity index (χ0v) is 30.6. The molecule has 1 aliphatic rings. The predicted molar refractivity (Wildman–Crippen MR) is 200 cm³/mol. The molecule has 5 aromatic rings. The molecular formula is C39H37ClN2O9S. The number of ether oxygens (including phenoxy) is 3. The highest BCUT2D eigenvalue weighted by molar-refractivity contribution is 7.93. The van der Waals surface area contributed by atoms with E-state index in [0.29, 0.717) is 17.7 Å². The number of benzene rings is 4. The minimum atomic E-state index is -3.82. The summed E-state index contributed by atoms with van der Waals surface area (Å²) in [6.07, 6.45) is -0.668. The third-order valence-electron chi connectivity index (χ3n) is 8.28. The monoisotopic (exact) mass is 744 g/mol. The van der Waals surface area contributed by atoms with Gasteiger partial charge in [-0.25, -0.2) is 13.2 Å². The highest BCUT2D eigenvalue weighted by Crippen LogP contribution is 2.42. The number of esters is 1. The van der Waals surface area contributed by atoms with Crippen molar-refractivity contribution in [3.63, 3.8) is 0 Å². The molecule has 4 aromatic carbocycles. The summed E-state index contributed by atoms with van der Waals surface area (Å²) in [7, 11) is -3.82. The van der Waals surface area contributed by atoms with Crippen LogP contribution in [0, 0.1) is 0 Å². The van der Waals surface area contributed by atoms with Crippen molar-refractivity contribution in [3.8, 4) is 22.8 Å². The van der Waals surface area contributed by atoms with E-state index in [-0.39, 0.29) is 64.4 Å². The quantitative estimate of drug-likeness (QED) is 0.108. The molecule has 0 spiro atoms. The van der Waals surface area contributed by atoms with Gasteiger partial charge in [-0.15, -0.1) is 0 Å². The average Bonchev–Trinajstić information content (AvgIpc) is 3.45. The SMILES string of the molecule is CC(=O)OC(=O)N(c1cc(N2CCCS2(=O)=O)c2oc(-c3ccc(OCc4ccccc4)c(Cl)c3)c(OCc3ccccc3)c(=O)c2c1)C(C)(C)C. The largest absolute Gasteiger partial charge is 0.487 e. The molecule has 0 aliphatic carbocycles. The average molecular weight is 745 g/mol. The van der Waals surface area contributed by atoms with E-state index in [1.165, 1.54) is 21.3 Å². The lowest BCUT2D eigenvalue weighted by atomic mass is 10.0. The van der Waals surface area contributed by atoms with Gasteiger partial charge in [-0.05, 0) is 68.7 Å². The topological polar surface area (TPSA) is 133 Å². The molecular weight excluding hydrogens is 708 g/mol. The summed E-state index contributed by atoms with van der Waals surface area (Å²) in [5.41, 5.74) is 0.603. The van der Waals surface area contributed by atoms with E-state index >= 15 is 0 Å². The lowest BCUT2D eigenvalue weighted by molar-refractivity contribution is -0.134. The molecule has 1 aromatic heterocycles.